The molecule has 0 saturated carbocycles. The molecule has 0 aliphatic carbocycles. The highest BCUT2D eigenvalue weighted by Crippen LogP contribution is 2.31. The lowest BCUT2D eigenvalue weighted by molar-refractivity contribution is 0.0911. The van der Waals surface area contributed by atoms with Gasteiger partial charge in [-0.3, -0.25) is 4.90 Å². The van der Waals surface area contributed by atoms with Crippen LogP contribution in [0.1, 0.15) is 50.6 Å². The molecular weight excluding hydrogens is 248 g/mol. The smallest absolute Gasteiger partial charge is 0.119 e. The van der Waals surface area contributed by atoms with Crippen molar-refractivity contribution in [2.45, 2.75) is 51.1 Å². The van der Waals surface area contributed by atoms with E-state index in [9.17, 15) is 0 Å². The van der Waals surface area contributed by atoms with E-state index in [0.717, 1.165) is 5.75 Å². The number of hydrogen-bond donors (Lipinski definition) is 1. The van der Waals surface area contributed by atoms with Gasteiger partial charge in [0.2, 0.25) is 0 Å². The van der Waals surface area contributed by atoms with Crippen LogP contribution >= 0.6 is 0 Å². The molecule has 0 radical (unpaired) electrons. The largest absolute Gasteiger partial charge is 0.497 e. The third-order valence-corrected chi connectivity index (χ3v) is 4.40. The first-order valence-electron chi connectivity index (χ1n) is 7.90. The average molecular weight is 276 g/mol. The topological polar surface area (TPSA) is 38.5 Å². The molecule has 1 aromatic rings. The quantitative estimate of drug-likeness (QED) is 0.866. The lowest BCUT2D eigenvalue weighted by Gasteiger charge is -2.41. The molecule has 1 aliphatic heterocycles. The molecule has 0 bridgehead atoms. The van der Waals surface area contributed by atoms with E-state index < -0.39 is 0 Å². The fraction of sp³-hybridized carbons (Fsp3) is 0.647. The highest BCUT2D eigenvalue weighted by Gasteiger charge is 2.28. The van der Waals surface area contributed by atoms with E-state index in [1.54, 1.807) is 7.11 Å². The Labute approximate surface area is 123 Å². The highest BCUT2D eigenvalue weighted by molar-refractivity contribution is 5.31. The first-order chi connectivity index (χ1) is 9.80. The van der Waals surface area contributed by atoms with Gasteiger partial charge in [0.15, 0.2) is 0 Å². The van der Waals surface area contributed by atoms with Gasteiger partial charge in [-0.15, -0.1) is 0 Å². The summed E-state index contributed by atoms with van der Waals surface area (Å²) in [4.78, 5) is 2.63. The molecule has 20 heavy (non-hydrogen) atoms. The summed E-state index contributed by atoms with van der Waals surface area (Å²) in [5, 5.41) is 0. The number of benzene rings is 1. The van der Waals surface area contributed by atoms with Crippen molar-refractivity contribution < 1.29 is 4.74 Å². The van der Waals surface area contributed by atoms with Crippen molar-refractivity contribution in [2.24, 2.45) is 5.73 Å². The van der Waals surface area contributed by atoms with Gasteiger partial charge in [-0.05, 0) is 43.5 Å². The van der Waals surface area contributed by atoms with Crippen molar-refractivity contribution in [2.75, 3.05) is 20.2 Å². The summed E-state index contributed by atoms with van der Waals surface area (Å²) in [7, 11) is 1.72. The van der Waals surface area contributed by atoms with Crippen LogP contribution in [0.5, 0.6) is 5.75 Å². The second kappa shape index (κ2) is 7.65. The second-order valence-electron chi connectivity index (χ2n) is 5.70. The number of nitrogens with zero attached hydrogens (tertiary/aromatic N) is 1. The summed E-state index contributed by atoms with van der Waals surface area (Å²) < 4.78 is 5.35. The number of likely N-dealkylation sites (tertiary alicyclic amines) is 1. The van der Waals surface area contributed by atoms with Crippen LogP contribution in [0.15, 0.2) is 24.3 Å². The van der Waals surface area contributed by atoms with E-state index in [1.807, 2.05) is 6.07 Å². The van der Waals surface area contributed by atoms with Crippen molar-refractivity contribution in [1.82, 2.24) is 4.90 Å². The molecule has 0 spiro atoms. The van der Waals surface area contributed by atoms with Gasteiger partial charge in [0.25, 0.3) is 0 Å². The maximum Gasteiger partial charge on any atom is 0.119 e. The average Bonchev–Trinajstić information content (AvgIpc) is 2.50. The fourth-order valence-electron chi connectivity index (χ4n) is 3.39. The zero-order valence-corrected chi connectivity index (χ0v) is 12.8. The molecule has 3 heteroatoms. The minimum Gasteiger partial charge on any atom is -0.497 e. The van der Waals surface area contributed by atoms with Crippen LogP contribution in [-0.2, 0) is 0 Å². The number of rotatable bonds is 6. The molecule has 2 atom stereocenters. The Bertz CT molecular complexity index is 406. The van der Waals surface area contributed by atoms with E-state index in [1.165, 1.54) is 44.2 Å². The summed E-state index contributed by atoms with van der Waals surface area (Å²) >= 11 is 0. The van der Waals surface area contributed by atoms with E-state index in [0.29, 0.717) is 18.6 Å². The van der Waals surface area contributed by atoms with Gasteiger partial charge in [0, 0.05) is 18.6 Å². The minimum atomic E-state index is 0.321. The summed E-state index contributed by atoms with van der Waals surface area (Å²) in [6.07, 6.45) is 6.49. The van der Waals surface area contributed by atoms with Crippen LogP contribution in [0, 0.1) is 0 Å². The van der Waals surface area contributed by atoms with Crippen LogP contribution in [0.4, 0.5) is 0 Å². The van der Waals surface area contributed by atoms with Crippen LogP contribution in [0.3, 0.4) is 0 Å². The molecule has 2 rings (SSSR count). The molecule has 2 unspecified atom stereocenters. The van der Waals surface area contributed by atoms with Gasteiger partial charge in [0.1, 0.15) is 5.75 Å². The van der Waals surface area contributed by atoms with Crippen molar-refractivity contribution in [3.8, 4) is 5.75 Å². The predicted octanol–water partition coefficient (Wildman–Crippen LogP) is 3.35. The van der Waals surface area contributed by atoms with Crippen LogP contribution in [0.25, 0.3) is 0 Å². The summed E-state index contributed by atoms with van der Waals surface area (Å²) in [6, 6.07) is 9.38. The number of methoxy groups -OCH3 is 1. The summed E-state index contributed by atoms with van der Waals surface area (Å²) in [6.45, 7) is 4.12. The molecule has 1 fully saturated rings. The molecule has 0 amide bonds. The lowest BCUT2D eigenvalue weighted by Crippen LogP contribution is -2.44. The standard InChI is InChI=1S/C17H28N2O/c1-3-7-15-9-4-5-11-19(15)17(13-18)14-8-6-10-16(12-14)20-2/h6,8,10,12,15,17H,3-5,7,9,11,13,18H2,1-2H3. The first-order valence-corrected chi connectivity index (χ1v) is 7.90. The zero-order valence-electron chi connectivity index (χ0n) is 12.8. The Morgan fingerprint density at radius 1 is 1.40 bits per heavy atom. The molecule has 3 nitrogen and oxygen atoms in total. The highest BCUT2D eigenvalue weighted by atomic mass is 16.5. The van der Waals surface area contributed by atoms with Gasteiger partial charge < -0.3 is 10.5 Å². The van der Waals surface area contributed by atoms with Gasteiger partial charge in [-0.2, -0.15) is 0 Å². The molecule has 1 aromatic carbocycles. The SMILES string of the molecule is CCCC1CCCCN1C(CN)c1cccc(OC)c1. The predicted molar refractivity (Wildman–Crippen MR) is 84.0 cm³/mol. The Balaban J connectivity index is 2.20. The third-order valence-electron chi connectivity index (χ3n) is 4.40. The first kappa shape index (κ1) is 15.3. The number of hydrogen-bond acceptors (Lipinski definition) is 3. The van der Waals surface area contributed by atoms with Crippen molar-refractivity contribution >= 4 is 0 Å². The van der Waals surface area contributed by atoms with Crippen LogP contribution in [0.2, 0.25) is 0 Å². The number of nitrogens with two attached hydrogens (primary N) is 1. The zero-order chi connectivity index (χ0) is 14.4. The van der Waals surface area contributed by atoms with Crippen molar-refractivity contribution in [1.29, 1.82) is 0 Å². The van der Waals surface area contributed by atoms with Crippen molar-refractivity contribution in [3.05, 3.63) is 29.8 Å². The minimum absolute atomic E-state index is 0.321. The van der Waals surface area contributed by atoms with Crippen molar-refractivity contribution in [3.63, 3.8) is 0 Å². The molecule has 1 heterocycles. The Kier molecular flexibility index (Phi) is 5.86. The maximum atomic E-state index is 6.10. The molecule has 0 aromatic heterocycles. The monoisotopic (exact) mass is 276 g/mol. The maximum absolute atomic E-state index is 6.10. The third kappa shape index (κ3) is 3.53. The molecule has 1 saturated heterocycles. The molecule has 1 aliphatic rings. The number of piperidine rings is 1. The molecular formula is C17H28N2O. The van der Waals surface area contributed by atoms with Gasteiger partial charge in [-0.1, -0.05) is 31.9 Å². The molecule has 2 N–H and O–H groups in total. The Morgan fingerprint density at radius 2 is 2.25 bits per heavy atom. The van der Waals surface area contributed by atoms with E-state index in [2.05, 4.69) is 30.0 Å². The van der Waals surface area contributed by atoms with E-state index >= 15 is 0 Å². The normalized spacial score (nSPS) is 21.6. The Hall–Kier alpha value is -1.06. The fourth-order valence-corrected chi connectivity index (χ4v) is 3.39. The van der Waals surface area contributed by atoms with E-state index in [4.69, 9.17) is 10.5 Å². The second-order valence-corrected chi connectivity index (χ2v) is 5.70. The van der Waals surface area contributed by atoms with Gasteiger partial charge >= 0.3 is 0 Å². The Morgan fingerprint density at radius 3 is 2.95 bits per heavy atom. The summed E-state index contributed by atoms with van der Waals surface area (Å²) in [5.41, 5.74) is 7.39. The number of ether oxygens (including phenoxy) is 1. The van der Waals surface area contributed by atoms with Gasteiger partial charge in [-0.25, -0.2) is 0 Å². The van der Waals surface area contributed by atoms with Gasteiger partial charge in [0.05, 0.1) is 7.11 Å². The van der Waals surface area contributed by atoms with Crippen LogP contribution in [-0.4, -0.2) is 31.1 Å². The summed E-state index contributed by atoms with van der Waals surface area (Å²) in [5.74, 6) is 0.921. The lowest BCUT2D eigenvalue weighted by atomic mass is 9.93. The molecule has 112 valence electrons. The van der Waals surface area contributed by atoms with Crippen LogP contribution < -0.4 is 10.5 Å². The van der Waals surface area contributed by atoms with E-state index in [-0.39, 0.29) is 0 Å².